The summed E-state index contributed by atoms with van der Waals surface area (Å²) in [6.45, 7) is 0.734. The Hall–Kier alpha value is -2.16. The number of carbonyl (C=O) groups is 1. The zero-order valence-corrected chi connectivity index (χ0v) is 12.1. The van der Waals surface area contributed by atoms with Gasteiger partial charge in [0, 0.05) is 31.4 Å². The van der Waals surface area contributed by atoms with Gasteiger partial charge in [-0.05, 0) is 36.5 Å². The lowest BCUT2D eigenvalue weighted by Crippen LogP contribution is -2.32. The molecule has 0 spiro atoms. The summed E-state index contributed by atoms with van der Waals surface area (Å²) < 4.78 is 0. The van der Waals surface area contributed by atoms with Gasteiger partial charge in [-0.15, -0.1) is 0 Å². The highest BCUT2D eigenvalue weighted by atomic mass is 16.2. The number of rotatable bonds is 6. The zero-order valence-electron chi connectivity index (χ0n) is 12.1. The number of benzene rings is 1. The number of hydrogen-bond donors (Lipinski definition) is 0. The minimum Gasteiger partial charge on any atom is -0.335 e. The molecule has 1 aromatic carbocycles. The van der Waals surface area contributed by atoms with E-state index in [1.54, 1.807) is 6.20 Å². The fourth-order valence-corrected chi connectivity index (χ4v) is 2.53. The van der Waals surface area contributed by atoms with Crippen LogP contribution in [0.3, 0.4) is 0 Å². The Morgan fingerprint density at radius 1 is 1.10 bits per heavy atom. The zero-order chi connectivity index (χ0) is 14.5. The summed E-state index contributed by atoms with van der Waals surface area (Å²) in [5.41, 5.74) is 2.33. The van der Waals surface area contributed by atoms with Gasteiger partial charge in [0.1, 0.15) is 0 Å². The normalized spacial score (nSPS) is 13.9. The predicted octanol–water partition coefficient (Wildman–Crippen LogP) is 3.21. The topological polar surface area (TPSA) is 33.2 Å². The molecule has 1 saturated carbocycles. The minimum atomic E-state index is 0.255. The van der Waals surface area contributed by atoms with Gasteiger partial charge >= 0.3 is 0 Å². The first-order valence-electron chi connectivity index (χ1n) is 7.55. The second kappa shape index (κ2) is 6.53. The van der Waals surface area contributed by atoms with Crippen LogP contribution in [0, 0.1) is 0 Å². The van der Waals surface area contributed by atoms with E-state index in [1.807, 2.05) is 41.4 Å². The summed E-state index contributed by atoms with van der Waals surface area (Å²) in [4.78, 5) is 18.7. The lowest BCUT2D eigenvalue weighted by Gasteiger charge is -2.22. The maximum atomic E-state index is 12.5. The molecular weight excluding hydrogens is 260 g/mol. The highest BCUT2D eigenvalue weighted by Gasteiger charge is 2.32. The van der Waals surface area contributed by atoms with Crippen LogP contribution in [-0.4, -0.2) is 21.8 Å². The lowest BCUT2D eigenvalue weighted by molar-refractivity contribution is -0.132. The number of amides is 1. The van der Waals surface area contributed by atoms with Gasteiger partial charge in [-0.1, -0.05) is 36.4 Å². The molecule has 2 aromatic rings. The van der Waals surface area contributed by atoms with Crippen molar-refractivity contribution >= 4 is 5.91 Å². The van der Waals surface area contributed by atoms with Crippen LogP contribution in [0.5, 0.6) is 0 Å². The summed E-state index contributed by atoms with van der Waals surface area (Å²) >= 11 is 0. The Kier molecular flexibility index (Phi) is 4.29. The van der Waals surface area contributed by atoms with Crippen molar-refractivity contribution in [3.8, 4) is 0 Å². The first kappa shape index (κ1) is 13.8. The first-order chi connectivity index (χ1) is 10.3. The van der Waals surface area contributed by atoms with Gasteiger partial charge in [0.25, 0.3) is 0 Å². The van der Waals surface area contributed by atoms with Crippen LogP contribution in [-0.2, 0) is 17.8 Å². The number of pyridine rings is 1. The second-order valence-corrected chi connectivity index (χ2v) is 5.60. The van der Waals surface area contributed by atoms with Crippen LogP contribution in [0.25, 0.3) is 0 Å². The Labute approximate surface area is 125 Å². The Morgan fingerprint density at radius 3 is 2.52 bits per heavy atom. The van der Waals surface area contributed by atoms with Crippen molar-refractivity contribution in [2.24, 2.45) is 0 Å². The summed E-state index contributed by atoms with van der Waals surface area (Å²) in [7, 11) is 0. The minimum absolute atomic E-state index is 0.255. The largest absolute Gasteiger partial charge is 0.335 e. The first-order valence-corrected chi connectivity index (χ1v) is 7.55. The number of hydrogen-bond acceptors (Lipinski definition) is 2. The third kappa shape index (κ3) is 3.91. The van der Waals surface area contributed by atoms with Gasteiger partial charge in [0.15, 0.2) is 0 Å². The fraction of sp³-hybridized carbons (Fsp3) is 0.333. The van der Waals surface area contributed by atoms with Crippen LogP contribution in [0.1, 0.15) is 30.4 Å². The van der Waals surface area contributed by atoms with E-state index in [1.165, 1.54) is 5.56 Å². The van der Waals surface area contributed by atoms with Gasteiger partial charge in [-0.25, -0.2) is 0 Å². The van der Waals surface area contributed by atoms with E-state index < -0.39 is 0 Å². The van der Waals surface area contributed by atoms with E-state index in [9.17, 15) is 4.79 Å². The molecule has 0 bridgehead atoms. The Bertz CT molecular complexity index is 579. The van der Waals surface area contributed by atoms with Crippen LogP contribution in [0.15, 0.2) is 54.9 Å². The van der Waals surface area contributed by atoms with E-state index in [-0.39, 0.29) is 5.91 Å². The van der Waals surface area contributed by atoms with E-state index in [4.69, 9.17) is 0 Å². The molecule has 1 amide bonds. The van der Waals surface area contributed by atoms with Crippen molar-refractivity contribution < 1.29 is 4.79 Å². The van der Waals surface area contributed by atoms with E-state index >= 15 is 0 Å². The average molecular weight is 280 g/mol. The molecule has 0 unspecified atom stereocenters. The molecule has 0 N–H and O–H groups in total. The van der Waals surface area contributed by atoms with Crippen LogP contribution < -0.4 is 0 Å². The summed E-state index contributed by atoms with van der Waals surface area (Å²) in [5, 5.41) is 0. The standard InChI is InChI=1S/C18H20N2O/c21-18(11-8-15-7-4-12-19-13-15)20(17-9-10-17)14-16-5-2-1-3-6-16/h1-7,12-13,17H,8-11,14H2. The molecule has 1 aromatic heterocycles. The number of nitrogens with zero attached hydrogens (tertiary/aromatic N) is 2. The molecule has 0 aliphatic heterocycles. The molecule has 1 aliphatic rings. The van der Waals surface area contributed by atoms with Gasteiger partial charge < -0.3 is 4.90 Å². The SMILES string of the molecule is O=C(CCc1cccnc1)N(Cc1ccccc1)C1CC1. The molecule has 108 valence electrons. The van der Waals surface area contributed by atoms with Crippen molar-refractivity contribution in [1.29, 1.82) is 0 Å². The van der Waals surface area contributed by atoms with Crippen molar-refractivity contribution in [2.75, 3.05) is 0 Å². The number of aromatic nitrogens is 1. The average Bonchev–Trinajstić information content (AvgIpc) is 3.37. The maximum absolute atomic E-state index is 12.5. The third-order valence-corrected chi connectivity index (χ3v) is 3.85. The third-order valence-electron chi connectivity index (χ3n) is 3.85. The molecule has 0 atom stereocenters. The predicted molar refractivity (Wildman–Crippen MR) is 82.6 cm³/mol. The monoisotopic (exact) mass is 280 g/mol. The van der Waals surface area contributed by atoms with Gasteiger partial charge in [0.05, 0.1) is 0 Å². The molecule has 21 heavy (non-hydrogen) atoms. The molecule has 0 radical (unpaired) electrons. The maximum Gasteiger partial charge on any atom is 0.223 e. The van der Waals surface area contributed by atoms with Crippen LogP contribution in [0.4, 0.5) is 0 Å². The molecule has 3 heteroatoms. The summed E-state index contributed by atoms with van der Waals surface area (Å²) in [6, 6.07) is 14.6. The number of aryl methyl sites for hydroxylation is 1. The van der Waals surface area contributed by atoms with E-state index in [0.717, 1.165) is 31.4 Å². The molecule has 0 saturated heterocycles. The number of carbonyl (C=O) groups excluding carboxylic acids is 1. The van der Waals surface area contributed by atoms with Gasteiger partial charge in [-0.2, -0.15) is 0 Å². The Balaban J connectivity index is 1.60. The Morgan fingerprint density at radius 2 is 1.86 bits per heavy atom. The van der Waals surface area contributed by atoms with Crippen LogP contribution in [0.2, 0.25) is 0 Å². The highest BCUT2D eigenvalue weighted by Crippen LogP contribution is 2.29. The summed E-state index contributed by atoms with van der Waals surface area (Å²) in [5.74, 6) is 0.255. The summed E-state index contributed by atoms with van der Waals surface area (Å²) in [6.07, 6.45) is 7.22. The molecule has 1 aliphatic carbocycles. The quantitative estimate of drug-likeness (QED) is 0.814. The molecule has 3 rings (SSSR count). The van der Waals surface area contributed by atoms with Crippen molar-refractivity contribution in [2.45, 2.75) is 38.3 Å². The van der Waals surface area contributed by atoms with Crippen molar-refractivity contribution in [3.05, 3.63) is 66.0 Å². The van der Waals surface area contributed by atoms with Crippen molar-refractivity contribution in [3.63, 3.8) is 0 Å². The molecule has 1 fully saturated rings. The van der Waals surface area contributed by atoms with Gasteiger partial charge in [-0.3, -0.25) is 9.78 Å². The highest BCUT2D eigenvalue weighted by molar-refractivity contribution is 5.77. The van der Waals surface area contributed by atoms with Crippen molar-refractivity contribution in [1.82, 2.24) is 9.88 Å². The van der Waals surface area contributed by atoms with Crippen LogP contribution >= 0.6 is 0 Å². The molecule has 1 heterocycles. The molecular formula is C18H20N2O. The fourth-order valence-electron chi connectivity index (χ4n) is 2.53. The second-order valence-electron chi connectivity index (χ2n) is 5.60. The van der Waals surface area contributed by atoms with E-state index in [2.05, 4.69) is 17.1 Å². The van der Waals surface area contributed by atoms with Gasteiger partial charge in [0.2, 0.25) is 5.91 Å². The lowest BCUT2D eigenvalue weighted by atomic mass is 10.1. The molecule has 3 nitrogen and oxygen atoms in total. The van der Waals surface area contributed by atoms with E-state index in [0.29, 0.717) is 12.5 Å². The smallest absolute Gasteiger partial charge is 0.223 e.